The first kappa shape index (κ1) is 96.2. The van der Waals surface area contributed by atoms with Gasteiger partial charge in [-0.1, -0.05) is 242 Å². The predicted octanol–water partition coefficient (Wildman–Crippen LogP) is 31.1. The predicted molar refractivity (Wildman–Crippen MR) is 515 cm³/mol. The van der Waals surface area contributed by atoms with Crippen LogP contribution in [0, 0.1) is 0 Å². The van der Waals surface area contributed by atoms with Gasteiger partial charge in [-0.15, -0.1) is 0 Å². The highest BCUT2D eigenvalue weighted by atomic mass is 19.3. The summed E-state index contributed by atoms with van der Waals surface area (Å²) in [5.41, 5.74) is 3.53. The summed E-state index contributed by atoms with van der Waals surface area (Å²) in [6.07, 6.45) is 13.9. The van der Waals surface area contributed by atoms with Crippen molar-refractivity contribution >= 4 is 67.9 Å². The maximum absolute atomic E-state index is 19.2. The van der Waals surface area contributed by atoms with Gasteiger partial charge in [0.15, 0.2) is 33.9 Å². The fourth-order valence-corrected chi connectivity index (χ4v) is 19.4. The van der Waals surface area contributed by atoms with Crippen molar-refractivity contribution in [3.63, 3.8) is 0 Å². The van der Waals surface area contributed by atoms with Gasteiger partial charge in [0.1, 0.15) is 33.6 Å². The first-order valence-electron chi connectivity index (χ1n) is 48.0. The van der Waals surface area contributed by atoms with Gasteiger partial charge in [0, 0.05) is 84.4 Å². The van der Waals surface area contributed by atoms with Crippen LogP contribution in [0.15, 0.2) is 236 Å². The molecule has 14 aromatic rings. The van der Waals surface area contributed by atoms with Crippen LogP contribution < -0.4 is 9.47 Å². The fourth-order valence-electron chi connectivity index (χ4n) is 19.4. The molecule has 4 heterocycles. The van der Waals surface area contributed by atoms with E-state index in [1.807, 2.05) is 50.2 Å². The van der Waals surface area contributed by atoms with E-state index in [0.29, 0.717) is 144 Å². The van der Waals surface area contributed by atoms with Gasteiger partial charge in [-0.2, -0.15) is 35.1 Å². The second-order valence-electron chi connectivity index (χ2n) is 36.3. The molecule has 0 aliphatic heterocycles. The third-order valence-corrected chi connectivity index (χ3v) is 26.8. The molecular weight excluding hydrogens is 1740 g/mol. The molecule has 0 fully saturated rings. The van der Waals surface area contributed by atoms with Crippen LogP contribution >= 0.6 is 0 Å². The number of methoxy groups -OCH3 is 1. The second-order valence-corrected chi connectivity index (χ2v) is 36.3. The highest BCUT2D eigenvalue weighted by Crippen LogP contribution is 2.67. The third kappa shape index (κ3) is 19.9. The number of carbonyl (C=O) groups excluding carboxylic acids is 4. The van der Waals surface area contributed by atoms with Crippen LogP contribution in [-0.2, 0) is 47.6 Å². The number of oxazole rings is 4. The van der Waals surface area contributed by atoms with Gasteiger partial charge in [0.2, 0.25) is 23.6 Å². The lowest BCUT2D eigenvalue weighted by atomic mass is 9.65. The van der Waals surface area contributed by atoms with Gasteiger partial charge in [-0.3, -0.25) is 9.59 Å². The number of hydrogen-bond donors (Lipinski definition) is 0. The number of allylic oxidation sites excluding steroid dienone is 2. The number of hydrogen-bond acceptors (Lipinski definition) is 15. The molecule has 2 unspecified atom stereocenters. The van der Waals surface area contributed by atoms with Crippen molar-refractivity contribution < 1.29 is 86.2 Å². The number of benzene rings is 10. The number of carbonyl (C=O) groups is 4. The number of esters is 2. The van der Waals surface area contributed by atoms with Gasteiger partial charge >= 0.3 is 35.6 Å². The van der Waals surface area contributed by atoms with Gasteiger partial charge in [0.05, 0.1) is 24.5 Å². The zero-order chi connectivity index (χ0) is 95.5. The standard InChI is InChI=1S/C113H112F8N4O11/c1-7-12-17-21-23-25-57-108(112(118,119)110(114,115)59-27-19-14-9-3)90-64-78(79-42-52-87-89-54-44-81(107-125-97-71-99-95(69-101(97)136-107)123-105(134-99)77-39-47-84(48-40-77)131-61-16-11-5)67-93(89)109(91(87)65-79,58-26-24-22-18-13-8-2)113(120,121)111(116,117)60-28-20-15-10-4)41-51-86(90)88-53-43-80(66-92(88)108)106-124-96-70-98-94(68-100(96)135-106)122-104(133-98)76-35-31-73(32-36-76)63-83(127)46-56-103(129)132-85-49-37-75(38-50-85)74-33-29-72(30-34-74)62-82(126)45-55-102(128)130-6/h29-56,64-71H,7-28,57-63H2,1-6H3/b55-45+,56-46+. The zero-order valence-electron chi connectivity index (χ0n) is 77.6. The van der Waals surface area contributed by atoms with Crippen molar-refractivity contribution in [2.24, 2.45) is 0 Å². The van der Waals surface area contributed by atoms with Crippen LogP contribution in [0.3, 0.4) is 0 Å². The number of unbranched alkanes of at least 4 members (excludes halogenated alkanes) is 17. The summed E-state index contributed by atoms with van der Waals surface area (Å²) in [6.45, 7) is 10.6. The summed E-state index contributed by atoms with van der Waals surface area (Å²) >= 11 is 0. The van der Waals surface area contributed by atoms with Gasteiger partial charge in [0.25, 0.3) is 0 Å². The van der Waals surface area contributed by atoms with Crippen molar-refractivity contribution in [2.75, 3.05) is 13.7 Å². The Morgan fingerprint density at radius 1 is 0.324 bits per heavy atom. The zero-order valence-corrected chi connectivity index (χ0v) is 77.6. The van der Waals surface area contributed by atoms with Crippen LogP contribution in [0.25, 0.3) is 135 Å². The van der Waals surface area contributed by atoms with E-state index in [1.54, 1.807) is 133 Å². The molecule has 0 spiro atoms. The van der Waals surface area contributed by atoms with Crippen LogP contribution in [0.5, 0.6) is 11.5 Å². The minimum Gasteiger partial charge on any atom is -0.494 e. The summed E-state index contributed by atoms with van der Waals surface area (Å²) in [5, 5.41) is 0. The molecule has 0 radical (unpaired) electrons. The molecule has 0 saturated carbocycles. The van der Waals surface area contributed by atoms with E-state index in [0.717, 1.165) is 86.3 Å². The summed E-state index contributed by atoms with van der Waals surface area (Å²) < 4.78 is 190. The highest BCUT2D eigenvalue weighted by molar-refractivity contribution is 5.99. The Morgan fingerprint density at radius 3 is 1.00 bits per heavy atom. The number of alkyl halides is 8. The second kappa shape index (κ2) is 41.7. The molecule has 2 aliphatic carbocycles. The number of nitrogens with zero attached hydrogens (tertiary/aromatic N) is 4. The lowest BCUT2D eigenvalue weighted by Gasteiger charge is -2.44. The van der Waals surface area contributed by atoms with Gasteiger partial charge in [-0.25, -0.2) is 29.5 Å². The van der Waals surface area contributed by atoms with Crippen molar-refractivity contribution in [1.29, 1.82) is 0 Å². The Labute approximate surface area is 786 Å². The number of halogens is 8. The van der Waals surface area contributed by atoms with Gasteiger partial charge in [-0.05, 0) is 207 Å². The van der Waals surface area contributed by atoms with E-state index in [1.165, 1.54) is 37.5 Å². The quantitative estimate of drug-likeness (QED) is 0.0115. The van der Waals surface area contributed by atoms with Crippen molar-refractivity contribution in [3.8, 4) is 102 Å². The molecule has 15 nitrogen and oxygen atoms in total. The molecule has 2 atom stereocenters. The molecule has 0 bridgehead atoms. The van der Waals surface area contributed by atoms with E-state index in [-0.39, 0.29) is 140 Å². The largest absolute Gasteiger partial charge is 0.494 e. The van der Waals surface area contributed by atoms with Crippen LogP contribution in [0.4, 0.5) is 35.1 Å². The summed E-state index contributed by atoms with van der Waals surface area (Å²) in [4.78, 5) is 69.0. The Morgan fingerprint density at radius 2 is 0.625 bits per heavy atom. The number of aromatic nitrogens is 4. The normalized spacial score (nSPS) is 14.9. The van der Waals surface area contributed by atoms with Crippen molar-refractivity contribution in [1.82, 2.24) is 19.9 Å². The number of fused-ring (bicyclic) bond motifs is 10. The van der Waals surface area contributed by atoms with E-state index >= 15 is 35.1 Å². The maximum atomic E-state index is 19.2. The Hall–Kier alpha value is -12.9. The first-order chi connectivity index (χ1) is 65.7. The molecular formula is C113H112F8N4O11. The average molecular weight is 1850 g/mol. The fraction of sp³-hybridized carbons (Fsp3) is 0.363. The van der Waals surface area contributed by atoms with E-state index in [4.69, 9.17) is 47.1 Å². The molecule has 4 aromatic heterocycles. The van der Waals surface area contributed by atoms with Gasteiger partial charge < -0.3 is 31.9 Å². The van der Waals surface area contributed by atoms with E-state index in [9.17, 15) is 19.2 Å². The highest BCUT2D eigenvalue weighted by Gasteiger charge is 2.73. The first-order valence-corrected chi connectivity index (χ1v) is 48.0. The number of ketones is 2. The topological polar surface area (TPSA) is 200 Å². The lowest BCUT2D eigenvalue weighted by molar-refractivity contribution is -0.243. The lowest BCUT2D eigenvalue weighted by Crippen LogP contribution is -2.56. The molecule has 16 rings (SSSR count). The van der Waals surface area contributed by atoms with Crippen molar-refractivity contribution in [2.45, 2.75) is 249 Å². The average Bonchev–Trinajstić information content (AvgIpc) is 1.52. The molecule has 706 valence electrons. The van der Waals surface area contributed by atoms with Crippen LogP contribution in [0.1, 0.15) is 235 Å². The third-order valence-electron chi connectivity index (χ3n) is 26.8. The Balaban J connectivity index is 0.705. The van der Waals surface area contributed by atoms with E-state index in [2.05, 4.69) is 25.5 Å². The molecule has 0 saturated heterocycles. The Kier molecular flexibility index (Phi) is 29.5. The minimum atomic E-state index is -4.79. The molecule has 23 heteroatoms. The molecule has 136 heavy (non-hydrogen) atoms. The van der Waals surface area contributed by atoms with Crippen molar-refractivity contribution in [3.05, 3.63) is 252 Å². The summed E-state index contributed by atoms with van der Waals surface area (Å²) in [5.74, 6) is -19.1. The minimum absolute atomic E-state index is 0.00239. The SMILES string of the molecule is CCCCCCCCC1(C(F)(F)C(F)(F)CCCCCC)c2cc(-c3ccc4c(c3)C(CCCCCCCC)(C(F)(F)C(F)(F)CCCCCC)c3cc(-c5nc6cc7oc(-c8ccc(OCCCC)cc8)nc7cc6o5)ccc3-4)ccc2-c2ccc(-c3nc4cc5oc(-c6ccc(CC(=O)/C=C/C(=O)Oc7ccc(-c8ccc(CC(=O)/C=C/C(=O)OC)cc8)cc7)cc6)nc5cc4o3)cc21. The van der Waals surface area contributed by atoms with Crippen LogP contribution in [0.2, 0.25) is 0 Å². The van der Waals surface area contributed by atoms with Crippen LogP contribution in [-0.4, -0.2) is 80.8 Å². The molecule has 0 amide bonds. The Bertz CT molecular complexity index is 6580. The number of ether oxygens (including phenoxy) is 3. The van der Waals surface area contributed by atoms with E-state index < -0.39 is 72.1 Å². The summed E-state index contributed by atoms with van der Waals surface area (Å²) in [6, 6.07) is 54.4. The monoisotopic (exact) mass is 1850 g/mol. The molecule has 2 aliphatic rings. The maximum Gasteiger partial charge on any atom is 0.336 e. The number of rotatable bonds is 47. The summed E-state index contributed by atoms with van der Waals surface area (Å²) in [7, 11) is 1.23. The molecule has 0 N–H and O–H groups in total. The molecule has 10 aromatic carbocycles. The smallest absolute Gasteiger partial charge is 0.336 e.